The summed E-state index contributed by atoms with van der Waals surface area (Å²) in [4.78, 5) is 37.7. The van der Waals surface area contributed by atoms with Gasteiger partial charge in [-0.1, -0.05) is 0 Å². The fourth-order valence-electron chi connectivity index (χ4n) is 4.10. The number of rotatable bonds is 3. The monoisotopic (exact) mass is 431 g/mol. The predicted molar refractivity (Wildman–Crippen MR) is 111 cm³/mol. The van der Waals surface area contributed by atoms with Crippen LogP contribution in [0, 0.1) is 12.7 Å². The van der Waals surface area contributed by atoms with Crippen LogP contribution in [0.4, 0.5) is 14.9 Å². The van der Waals surface area contributed by atoms with Crippen molar-refractivity contribution >= 4 is 34.6 Å². The number of furan rings is 1. The predicted octanol–water partition coefficient (Wildman–Crippen LogP) is 3.11. The fraction of sp³-hybridized carbons (Fsp3) is 0.500. The van der Waals surface area contributed by atoms with Crippen molar-refractivity contribution in [2.75, 3.05) is 18.0 Å². The Balaban J connectivity index is 1.57. The molecule has 3 amide bonds. The number of halogens is 1. The number of benzene rings is 1. The second-order valence-corrected chi connectivity index (χ2v) is 9.14. The third kappa shape index (κ3) is 4.22. The van der Waals surface area contributed by atoms with Crippen molar-refractivity contribution in [2.24, 2.45) is 0 Å². The molecule has 2 aromatic rings. The molecule has 31 heavy (non-hydrogen) atoms. The molecule has 1 aromatic heterocycles. The van der Waals surface area contributed by atoms with Gasteiger partial charge >= 0.3 is 6.09 Å². The summed E-state index contributed by atoms with van der Waals surface area (Å²) in [5, 5.41) is 5.62. The molecule has 0 bridgehead atoms. The molecule has 2 aliphatic rings. The van der Waals surface area contributed by atoms with Crippen molar-refractivity contribution in [3.8, 4) is 0 Å². The van der Waals surface area contributed by atoms with Gasteiger partial charge in [-0.25, -0.2) is 9.18 Å². The summed E-state index contributed by atoms with van der Waals surface area (Å²) in [5.41, 5.74) is 0.734. The van der Waals surface area contributed by atoms with Gasteiger partial charge < -0.3 is 19.4 Å². The number of nitrogens with zero attached hydrogens (tertiary/aromatic N) is 1. The highest BCUT2D eigenvalue weighted by Crippen LogP contribution is 2.40. The number of ether oxygens (including phenoxy) is 1. The Morgan fingerprint density at radius 3 is 2.65 bits per heavy atom. The van der Waals surface area contributed by atoms with Gasteiger partial charge in [0, 0.05) is 36.5 Å². The van der Waals surface area contributed by atoms with Crippen LogP contribution in [-0.4, -0.2) is 42.6 Å². The number of piperidine rings is 1. The third-order valence-electron chi connectivity index (χ3n) is 5.43. The second kappa shape index (κ2) is 7.55. The van der Waals surface area contributed by atoms with Crippen molar-refractivity contribution in [1.29, 1.82) is 0 Å². The number of hydrogen-bond acceptors (Lipinski definition) is 6. The number of hydrogen-bond donors (Lipinski definition) is 2. The van der Waals surface area contributed by atoms with Gasteiger partial charge in [0.1, 0.15) is 17.2 Å². The first kappa shape index (κ1) is 21.1. The standard InChI is InChI=1S/C22H26FN3O5/c1-11-7-14-18(13-5-6-17(27)25-20(13)28)15(23)8-16(19(14)30-11)26-9-12(10-26)24-21(29)31-22(2,3)4/h7-8,12-13H,5-6,9-10H2,1-4H3,(H,24,29)(H,25,27,28). The van der Waals surface area contributed by atoms with Crippen LogP contribution in [0.25, 0.3) is 11.0 Å². The molecule has 2 fully saturated rings. The molecule has 2 N–H and O–H groups in total. The number of nitrogens with one attached hydrogen (secondary N) is 2. The number of anilines is 1. The van der Waals surface area contributed by atoms with Gasteiger partial charge in [0.2, 0.25) is 11.8 Å². The summed E-state index contributed by atoms with van der Waals surface area (Å²) >= 11 is 0. The lowest BCUT2D eigenvalue weighted by molar-refractivity contribution is -0.134. The second-order valence-electron chi connectivity index (χ2n) is 9.14. The molecule has 2 aliphatic heterocycles. The van der Waals surface area contributed by atoms with Gasteiger partial charge in [0.15, 0.2) is 5.58 Å². The lowest BCUT2D eigenvalue weighted by Gasteiger charge is -2.41. The quantitative estimate of drug-likeness (QED) is 0.725. The van der Waals surface area contributed by atoms with Crippen LogP contribution in [-0.2, 0) is 14.3 Å². The minimum absolute atomic E-state index is 0.126. The number of alkyl carbamates (subject to hydrolysis) is 1. The zero-order valence-corrected chi connectivity index (χ0v) is 18.0. The van der Waals surface area contributed by atoms with E-state index in [-0.39, 0.29) is 30.4 Å². The van der Waals surface area contributed by atoms with Gasteiger partial charge in [-0.05, 0) is 40.2 Å². The van der Waals surface area contributed by atoms with E-state index in [1.54, 1.807) is 33.8 Å². The molecule has 166 valence electrons. The van der Waals surface area contributed by atoms with E-state index in [0.29, 0.717) is 35.5 Å². The van der Waals surface area contributed by atoms with Gasteiger partial charge in [-0.2, -0.15) is 0 Å². The summed E-state index contributed by atoms with van der Waals surface area (Å²) in [5.74, 6) is -1.50. The van der Waals surface area contributed by atoms with E-state index in [2.05, 4.69) is 10.6 Å². The summed E-state index contributed by atoms with van der Waals surface area (Å²) in [6.45, 7) is 8.10. The Morgan fingerprint density at radius 1 is 1.29 bits per heavy atom. The zero-order chi connectivity index (χ0) is 22.5. The highest BCUT2D eigenvalue weighted by Gasteiger charge is 2.36. The van der Waals surface area contributed by atoms with E-state index in [1.807, 2.05) is 4.90 Å². The van der Waals surface area contributed by atoms with E-state index in [0.717, 1.165) is 0 Å². The van der Waals surface area contributed by atoms with Crippen LogP contribution in [0.15, 0.2) is 16.5 Å². The van der Waals surface area contributed by atoms with Gasteiger partial charge in [0.25, 0.3) is 0 Å². The average Bonchev–Trinajstić information content (AvgIpc) is 2.98. The van der Waals surface area contributed by atoms with Crippen molar-refractivity contribution in [2.45, 2.75) is 58.1 Å². The summed E-state index contributed by atoms with van der Waals surface area (Å²) < 4.78 is 26.4. The molecule has 0 spiro atoms. The van der Waals surface area contributed by atoms with Crippen LogP contribution in [0.1, 0.15) is 50.9 Å². The lowest BCUT2D eigenvalue weighted by Crippen LogP contribution is -2.60. The van der Waals surface area contributed by atoms with Crippen LogP contribution in [0.3, 0.4) is 0 Å². The zero-order valence-electron chi connectivity index (χ0n) is 18.0. The molecule has 0 saturated carbocycles. The first-order valence-electron chi connectivity index (χ1n) is 10.3. The molecule has 0 aliphatic carbocycles. The highest BCUT2D eigenvalue weighted by atomic mass is 19.1. The van der Waals surface area contributed by atoms with Gasteiger partial charge in [-0.15, -0.1) is 0 Å². The SMILES string of the molecule is Cc1cc2c(C3CCC(=O)NC3=O)c(F)cc(N3CC(NC(=O)OC(C)(C)C)C3)c2o1. The highest BCUT2D eigenvalue weighted by molar-refractivity contribution is 6.04. The van der Waals surface area contributed by atoms with E-state index < -0.39 is 29.3 Å². The molecular formula is C22H26FN3O5. The Bertz CT molecular complexity index is 1070. The minimum atomic E-state index is -0.746. The van der Waals surface area contributed by atoms with E-state index in [1.165, 1.54) is 6.07 Å². The number of imide groups is 1. The first-order chi connectivity index (χ1) is 14.5. The summed E-state index contributed by atoms with van der Waals surface area (Å²) in [6, 6.07) is 2.96. The van der Waals surface area contributed by atoms with Crippen LogP contribution in [0.2, 0.25) is 0 Å². The van der Waals surface area contributed by atoms with Gasteiger partial charge in [-0.3, -0.25) is 14.9 Å². The van der Waals surface area contributed by atoms with Crippen LogP contribution in [0.5, 0.6) is 0 Å². The number of carbonyl (C=O) groups is 3. The Hall–Kier alpha value is -3.10. The minimum Gasteiger partial charge on any atom is -0.459 e. The Morgan fingerprint density at radius 2 is 2.00 bits per heavy atom. The molecule has 1 aromatic carbocycles. The van der Waals surface area contributed by atoms with E-state index in [4.69, 9.17) is 9.15 Å². The molecule has 0 radical (unpaired) electrons. The van der Waals surface area contributed by atoms with Crippen LogP contribution >= 0.6 is 0 Å². The average molecular weight is 431 g/mol. The van der Waals surface area contributed by atoms with E-state index >= 15 is 4.39 Å². The van der Waals surface area contributed by atoms with Gasteiger partial charge in [0.05, 0.1) is 17.6 Å². The maximum atomic E-state index is 15.2. The lowest BCUT2D eigenvalue weighted by atomic mass is 9.87. The summed E-state index contributed by atoms with van der Waals surface area (Å²) in [6.07, 6.45) is -0.0677. The smallest absolute Gasteiger partial charge is 0.407 e. The summed E-state index contributed by atoms with van der Waals surface area (Å²) in [7, 11) is 0. The topological polar surface area (TPSA) is 101 Å². The molecule has 1 unspecified atom stereocenters. The van der Waals surface area contributed by atoms with Crippen molar-refractivity contribution in [1.82, 2.24) is 10.6 Å². The fourth-order valence-corrected chi connectivity index (χ4v) is 4.10. The molecule has 2 saturated heterocycles. The number of amides is 3. The molecular weight excluding hydrogens is 405 g/mol. The number of carbonyl (C=O) groups excluding carboxylic acids is 3. The van der Waals surface area contributed by atoms with E-state index in [9.17, 15) is 14.4 Å². The number of fused-ring (bicyclic) bond motifs is 1. The maximum absolute atomic E-state index is 15.2. The Kier molecular flexibility index (Phi) is 5.15. The molecule has 1 atom stereocenters. The van der Waals surface area contributed by atoms with Crippen molar-refractivity contribution < 1.29 is 27.9 Å². The molecule has 9 heteroatoms. The maximum Gasteiger partial charge on any atom is 0.407 e. The first-order valence-corrected chi connectivity index (χ1v) is 10.3. The largest absolute Gasteiger partial charge is 0.459 e. The normalized spacial score (nSPS) is 19.9. The molecule has 4 rings (SSSR count). The molecule has 3 heterocycles. The van der Waals surface area contributed by atoms with Crippen molar-refractivity contribution in [3.05, 3.63) is 29.3 Å². The van der Waals surface area contributed by atoms with Crippen LogP contribution < -0.4 is 15.5 Å². The van der Waals surface area contributed by atoms with Crippen molar-refractivity contribution in [3.63, 3.8) is 0 Å². The third-order valence-corrected chi connectivity index (χ3v) is 5.43. The Labute approximate surface area is 179 Å². The number of aryl methyl sites for hydroxylation is 1. The molecule has 8 nitrogen and oxygen atoms in total.